The Labute approximate surface area is 101 Å². The fraction of sp³-hybridized carbons (Fsp3) is 0.385. The number of benzene rings is 1. The van der Waals surface area contributed by atoms with E-state index < -0.39 is 0 Å². The molecule has 90 valence electrons. The molecule has 0 bridgehead atoms. The van der Waals surface area contributed by atoms with Crippen molar-refractivity contribution >= 4 is 16.8 Å². The number of rotatable bonds is 3. The first kappa shape index (κ1) is 11.6. The number of aromatic amines is 1. The molecule has 0 fully saturated rings. The van der Waals surface area contributed by atoms with E-state index in [0.29, 0.717) is 6.42 Å². The molecule has 2 rings (SSSR count). The summed E-state index contributed by atoms with van der Waals surface area (Å²) in [6.07, 6.45) is 3.15. The number of carbonyl (C=O) groups is 1. The van der Waals surface area contributed by atoms with Crippen molar-refractivity contribution in [1.29, 1.82) is 0 Å². The Hall–Kier alpha value is -1.84. The fourth-order valence-electron chi connectivity index (χ4n) is 1.93. The van der Waals surface area contributed by atoms with Gasteiger partial charge < -0.3 is 4.90 Å². The maximum absolute atomic E-state index is 11.5. The molecule has 1 amide bonds. The lowest BCUT2D eigenvalue weighted by molar-refractivity contribution is -0.128. The van der Waals surface area contributed by atoms with Crippen LogP contribution in [0.3, 0.4) is 0 Å². The molecule has 0 saturated heterocycles. The van der Waals surface area contributed by atoms with Crippen LogP contribution in [-0.2, 0) is 11.2 Å². The zero-order valence-corrected chi connectivity index (χ0v) is 10.4. The summed E-state index contributed by atoms with van der Waals surface area (Å²) in [7, 11) is 3.57. The van der Waals surface area contributed by atoms with Crippen LogP contribution in [0.25, 0.3) is 10.9 Å². The van der Waals surface area contributed by atoms with Crippen LogP contribution < -0.4 is 0 Å². The van der Waals surface area contributed by atoms with E-state index in [1.54, 1.807) is 19.0 Å². The summed E-state index contributed by atoms with van der Waals surface area (Å²) < 4.78 is 0. The second-order valence-corrected chi connectivity index (χ2v) is 4.54. The molecule has 4 nitrogen and oxygen atoms in total. The van der Waals surface area contributed by atoms with Gasteiger partial charge in [-0.05, 0) is 30.5 Å². The van der Waals surface area contributed by atoms with E-state index >= 15 is 0 Å². The van der Waals surface area contributed by atoms with Crippen molar-refractivity contribution < 1.29 is 4.79 Å². The molecule has 1 aromatic heterocycles. The third-order valence-corrected chi connectivity index (χ3v) is 2.93. The van der Waals surface area contributed by atoms with Crippen molar-refractivity contribution in [3.63, 3.8) is 0 Å². The summed E-state index contributed by atoms with van der Waals surface area (Å²) in [4.78, 5) is 13.2. The number of aromatic nitrogens is 2. The highest BCUT2D eigenvalue weighted by molar-refractivity contribution is 5.82. The third-order valence-electron chi connectivity index (χ3n) is 2.93. The predicted octanol–water partition coefficient (Wildman–Crippen LogP) is 1.89. The first-order valence-corrected chi connectivity index (χ1v) is 5.70. The van der Waals surface area contributed by atoms with Crippen LogP contribution in [0.5, 0.6) is 0 Å². The normalized spacial score (nSPS) is 10.8. The van der Waals surface area contributed by atoms with Gasteiger partial charge in [-0.25, -0.2) is 0 Å². The number of hydrogen-bond donors (Lipinski definition) is 1. The molecule has 0 radical (unpaired) electrons. The van der Waals surface area contributed by atoms with Gasteiger partial charge in [0.2, 0.25) is 5.91 Å². The van der Waals surface area contributed by atoms with E-state index in [1.807, 2.05) is 6.20 Å². The van der Waals surface area contributed by atoms with Gasteiger partial charge in [-0.1, -0.05) is 6.07 Å². The van der Waals surface area contributed by atoms with Crippen molar-refractivity contribution in [1.82, 2.24) is 15.1 Å². The first-order valence-electron chi connectivity index (χ1n) is 5.70. The Morgan fingerprint density at radius 1 is 1.41 bits per heavy atom. The summed E-state index contributed by atoms with van der Waals surface area (Å²) in [5.41, 5.74) is 3.44. The summed E-state index contributed by atoms with van der Waals surface area (Å²) in [6.45, 7) is 2.05. The van der Waals surface area contributed by atoms with Crippen LogP contribution in [-0.4, -0.2) is 35.1 Å². The van der Waals surface area contributed by atoms with E-state index in [1.165, 1.54) is 11.1 Å². The minimum absolute atomic E-state index is 0.162. The molecule has 0 aliphatic rings. The van der Waals surface area contributed by atoms with Crippen LogP contribution in [0.4, 0.5) is 0 Å². The lowest BCUT2D eigenvalue weighted by Gasteiger charge is -2.10. The van der Waals surface area contributed by atoms with Gasteiger partial charge in [0, 0.05) is 25.9 Å². The van der Waals surface area contributed by atoms with Gasteiger partial charge in [-0.15, -0.1) is 0 Å². The van der Waals surface area contributed by atoms with Crippen LogP contribution in [0.2, 0.25) is 0 Å². The monoisotopic (exact) mass is 231 g/mol. The number of H-pyrrole nitrogens is 1. The second-order valence-electron chi connectivity index (χ2n) is 4.54. The maximum Gasteiger partial charge on any atom is 0.222 e. The van der Waals surface area contributed by atoms with E-state index in [2.05, 4.69) is 29.3 Å². The van der Waals surface area contributed by atoms with Crippen molar-refractivity contribution in [3.8, 4) is 0 Å². The van der Waals surface area contributed by atoms with E-state index in [0.717, 1.165) is 17.3 Å². The van der Waals surface area contributed by atoms with E-state index in [9.17, 15) is 4.79 Å². The van der Waals surface area contributed by atoms with Crippen LogP contribution in [0.15, 0.2) is 18.3 Å². The minimum Gasteiger partial charge on any atom is -0.349 e. The zero-order chi connectivity index (χ0) is 12.4. The van der Waals surface area contributed by atoms with Gasteiger partial charge >= 0.3 is 0 Å². The Morgan fingerprint density at radius 2 is 2.18 bits per heavy atom. The lowest BCUT2D eigenvalue weighted by atomic mass is 10.0. The summed E-state index contributed by atoms with van der Waals surface area (Å²) in [5.74, 6) is 0.162. The van der Waals surface area contributed by atoms with Gasteiger partial charge in [-0.3, -0.25) is 9.89 Å². The largest absolute Gasteiger partial charge is 0.349 e. The quantitative estimate of drug-likeness (QED) is 0.877. The fourth-order valence-corrected chi connectivity index (χ4v) is 1.93. The van der Waals surface area contributed by atoms with Gasteiger partial charge in [0.15, 0.2) is 0 Å². The second kappa shape index (κ2) is 4.57. The van der Waals surface area contributed by atoms with Crippen molar-refractivity contribution in [2.75, 3.05) is 14.1 Å². The average molecular weight is 231 g/mol. The molecule has 0 atom stereocenters. The number of aryl methyl sites for hydroxylation is 2. The average Bonchev–Trinajstić information content (AvgIpc) is 2.74. The predicted molar refractivity (Wildman–Crippen MR) is 67.8 cm³/mol. The molecule has 1 aromatic carbocycles. The minimum atomic E-state index is 0.162. The van der Waals surface area contributed by atoms with Crippen LogP contribution in [0, 0.1) is 6.92 Å². The number of amides is 1. The summed E-state index contributed by atoms with van der Waals surface area (Å²) in [5, 5.41) is 8.11. The van der Waals surface area contributed by atoms with Crippen LogP contribution in [0.1, 0.15) is 17.5 Å². The molecule has 2 aromatic rings. The molecule has 1 heterocycles. The van der Waals surface area contributed by atoms with Crippen molar-refractivity contribution in [2.45, 2.75) is 19.8 Å². The molecule has 0 saturated carbocycles. The van der Waals surface area contributed by atoms with Gasteiger partial charge in [0.05, 0.1) is 11.7 Å². The molecule has 0 spiro atoms. The molecule has 0 aliphatic heterocycles. The highest BCUT2D eigenvalue weighted by Gasteiger charge is 2.07. The highest BCUT2D eigenvalue weighted by Crippen LogP contribution is 2.19. The van der Waals surface area contributed by atoms with Gasteiger partial charge in [0.1, 0.15) is 0 Å². The molecule has 0 unspecified atom stereocenters. The standard InChI is InChI=1S/C13H17N3O/c1-9-6-10(4-5-12(17)16(2)3)7-11-8-14-15-13(9)11/h6-8H,4-5H2,1-3H3,(H,14,15). The Balaban J connectivity index is 2.16. The zero-order valence-electron chi connectivity index (χ0n) is 10.4. The highest BCUT2D eigenvalue weighted by atomic mass is 16.2. The third kappa shape index (κ3) is 2.46. The maximum atomic E-state index is 11.5. The number of nitrogens with zero attached hydrogens (tertiary/aromatic N) is 2. The van der Waals surface area contributed by atoms with E-state index in [-0.39, 0.29) is 5.91 Å². The molecule has 0 aliphatic carbocycles. The molecule has 17 heavy (non-hydrogen) atoms. The number of fused-ring (bicyclic) bond motifs is 1. The molecular formula is C13H17N3O. The van der Waals surface area contributed by atoms with Crippen LogP contribution >= 0.6 is 0 Å². The first-order chi connectivity index (χ1) is 8.08. The Kier molecular flexibility index (Phi) is 3.13. The van der Waals surface area contributed by atoms with E-state index in [4.69, 9.17) is 0 Å². The van der Waals surface area contributed by atoms with Crippen molar-refractivity contribution in [2.24, 2.45) is 0 Å². The Morgan fingerprint density at radius 3 is 2.88 bits per heavy atom. The summed E-state index contributed by atoms with van der Waals surface area (Å²) in [6, 6.07) is 4.21. The van der Waals surface area contributed by atoms with Gasteiger partial charge in [-0.2, -0.15) is 5.10 Å². The number of hydrogen-bond acceptors (Lipinski definition) is 2. The number of carbonyl (C=O) groups excluding carboxylic acids is 1. The SMILES string of the molecule is Cc1cc(CCC(=O)N(C)C)cc2cn[nH]c12. The smallest absolute Gasteiger partial charge is 0.222 e. The van der Waals surface area contributed by atoms with Gasteiger partial charge in [0.25, 0.3) is 0 Å². The number of nitrogens with one attached hydrogen (secondary N) is 1. The molecule has 4 heteroatoms. The molecular weight excluding hydrogens is 214 g/mol. The Bertz CT molecular complexity index is 543. The lowest BCUT2D eigenvalue weighted by Crippen LogP contribution is -2.21. The summed E-state index contributed by atoms with van der Waals surface area (Å²) >= 11 is 0. The topological polar surface area (TPSA) is 49.0 Å². The van der Waals surface area contributed by atoms with Crippen molar-refractivity contribution in [3.05, 3.63) is 29.5 Å². The molecule has 1 N–H and O–H groups in total.